The summed E-state index contributed by atoms with van der Waals surface area (Å²) in [6.45, 7) is 4.50. The minimum Gasteiger partial charge on any atom is -0.493 e. The molecule has 3 rings (SSSR count). The van der Waals surface area contributed by atoms with Crippen LogP contribution in [0.25, 0.3) is 11.5 Å². The number of hydrogen-bond donors (Lipinski definition) is 0. The molecule has 29 heavy (non-hydrogen) atoms. The van der Waals surface area contributed by atoms with E-state index in [1.165, 1.54) is 7.11 Å². The van der Waals surface area contributed by atoms with Crippen molar-refractivity contribution in [3.8, 4) is 23.0 Å². The molecule has 0 amide bonds. The highest BCUT2D eigenvalue weighted by molar-refractivity contribution is 6.30. The first-order valence-electron chi connectivity index (χ1n) is 9.02. The van der Waals surface area contributed by atoms with Crippen LogP contribution in [0.15, 0.2) is 46.9 Å². The van der Waals surface area contributed by atoms with E-state index < -0.39 is 5.97 Å². The van der Waals surface area contributed by atoms with Crippen LogP contribution in [0.4, 0.5) is 0 Å². The van der Waals surface area contributed by atoms with Crippen LogP contribution in [-0.2, 0) is 11.3 Å². The number of carbonyl (C=O) groups excluding carboxylic acids is 1. The summed E-state index contributed by atoms with van der Waals surface area (Å²) in [7, 11) is 1.52. The first-order valence-corrected chi connectivity index (χ1v) is 9.40. The van der Waals surface area contributed by atoms with Crippen molar-refractivity contribution in [2.75, 3.05) is 13.7 Å². The van der Waals surface area contributed by atoms with Gasteiger partial charge in [-0.1, -0.05) is 25.4 Å². The van der Waals surface area contributed by atoms with Crippen molar-refractivity contribution in [3.63, 3.8) is 0 Å². The third-order valence-electron chi connectivity index (χ3n) is 3.86. The Hall–Kier alpha value is -3.06. The fourth-order valence-electron chi connectivity index (χ4n) is 2.40. The lowest BCUT2D eigenvalue weighted by molar-refractivity contribution is 0.0438. The lowest BCUT2D eigenvalue weighted by Gasteiger charge is -2.13. The first kappa shape index (κ1) is 20.7. The Bertz CT molecular complexity index is 969. The number of hydrogen-bond acceptors (Lipinski definition) is 7. The highest BCUT2D eigenvalue weighted by atomic mass is 35.5. The molecule has 1 aromatic heterocycles. The molecule has 0 aliphatic rings. The maximum absolute atomic E-state index is 12.4. The van der Waals surface area contributed by atoms with Crippen LogP contribution in [-0.4, -0.2) is 29.9 Å². The van der Waals surface area contributed by atoms with Gasteiger partial charge in [0.15, 0.2) is 18.1 Å². The number of rotatable bonds is 8. The molecule has 0 spiro atoms. The van der Waals surface area contributed by atoms with E-state index in [0.29, 0.717) is 40.5 Å². The van der Waals surface area contributed by atoms with Crippen molar-refractivity contribution >= 4 is 17.6 Å². The van der Waals surface area contributed by atoms with Gasteiger partial charge in [-0.25, -0.2) is 4.79 Å². The summed E-state index contributed by atoms with van der Waals surface area (Å²) in [6.07, 6.45) is 0. The molecule has 0 unspecified atom stereocenters. The number of nitrogens with zero attached hydrogens (tertiary/aromatic N) is 2. The summed E-state index contributed by atoms with van der Waals surface area (Å²) in [4.78, 5) is 12.4. The summed E-state index contributed by atoms with van der Waals surface area (Å²) in [6, 6.07) is 11.9. The van der Waals surface area contributed by atoms with Crippen molar-refractivity contribution < 1.29 is 23.4 Å². The van der Waals surface area contributed by atoms with Gasteiger partial charge in [-0.05, 0) is 48.4 Å². The Morgan fingerprint density at radius 1 is 1.10 bits per heavy atom. The van der Waals surface area contributed by atoms with Gasteiger partial charge in [-0.3, -0.25) is 0 Å². The molecule has 0 N–H and O–H groups in total. The fraction of sp³-hybridized carbons (Fsp3) is 0.286. The zero-order valence-corrected chi connectivity index (χ0v) is 17.1. The van der Waals surface area contributed by atoms with Gasteiger partial charge in [-0.15, -0.1) is 10.2 Å². The zero-order valence-electron chi connectivity index (χ0n) is 16.3. The number of esters is 1. The van der Waals surface area contributed by atoms with Crippen LogP contribution in [0.2, 0.25) is 5.02 Å². The quantitative estimate of drug-likeness (QED) is 0.488. The van der Waals surface area contributed by atoms with Gasteiger partial charge in [0.1, 0.15) is 0 Å². The molecule has 3 aromatic rings. The number of benzene rings is 2. The molecule has 2 aromatic carbocycles. The lowest BCUT2D eigenvalue weighted by atomic mass is 10.2. The summed E-state index contributed by atoms with van der Waals surface area (Å²) >= 11 is 5.87. The van der Waals surface area contributed by atoms with E-state index in [-0.39, 0.29) is 12.5 Å². The number of halogens is 1. The second kappa shape index (κ2) is 9.43. The molecule has 0 radical (unpaired) electrons. The van der Waals surface area contributed by atoms with Crippen molar-refractivity contribution in [1.29, 1.82) is 0 Å². The molecule has 0 atom stereocenters. The smallest absolute Gasteiger partial charge is 0.338 e. The maximum Gasteiger partial charge on any atom is 0.338 e. The van der Waals surface area contributed by atoms with Gasteiger partial charge in [-0.2, -0.15) is 0 Å². The highest BCUT2D eigenvalue weighted by Crippen LogP contribution is 2.29. The fourth-order valence-corrected chi connectivity index (χ4v) is 2.53. The Morgan fingerprint density at radius 2 is 1.86 bits per heavy atom. The molecular weight excluding hydrogens is 396 g/mol. The van der Waals surface area contributed by atoms with Gasteiger partial charge in [0.25, 0.3) is 5.89 Å². The molecule has 0 bridgehead atoms. The Balaban J connectivity index is 1.62. The largest absolute Gasteiger partial charge is 0.493 e. The van der Waals surface area contributed by atoms with Gasteiger partial charge >= 0.3 is 5.97 Å². The molecule has 0 fully saturated rings. The average Bonchev–Trinajstić information content (AvgIpc) is 3.19. The lowest BCUT2D eigenvalue weighted by Crippen LogP contribution is -2.08. The van der Waals surface area contributed by atoms with Gasteiger partial charge in [0, 0.05) is 10.6 Å². The van der Waals surface area contributed by atoms with Crippen molar-refractivity contribution in [3.05, 3.63) is 58.9 Å². The standard InChI is InChI=1S/C21H21ClN2O5/c1-13(2)11-27-17-9-6-15(10-18(17)26-3)21(25)28-12-19-23-24-20(29-19)14-4-7-16(22)8-5-14/h4-10,13H,11-12H2,1-3H3. The molecule has 7 nitrogen and oxygen atoms in total. The SMILES string of the molecule is COc1cc(C(=O)OCc2nnc(-c3ccc(Cl)cc3)o2)ccc1OCC(C)C. The van der Waals surface area contributed by atoms with Crippen molar-refractivity contribution in [2.45, 2.75) is 20.5 Å². The Labute approximate surface area is 173 Å². The zero-order chi connectivity index (χ0) is 20.8. The molecule has 0 saturated carbocycles. The minimum absolute atomic E-state index is 0.145. The van der Waals surface area contributed by atoms with E-state index in [1.54, 1.807) is 42.5 Å². The van der Waals surface area contributed by atoms with E-state index in [4.69, 9.17) is 30.2 Å². The first-order chi connectivity index (χ1) is 14.0. The molecule has 8 heteroatoms. The maximum atomic E-state index is 12.4. The molecular formula is C21H21ClN2O5. The molecule has 0 saturated heterocycles. The normalized spacial score (nSPS) is 10.8. The summed E-state index contributed by atoms with van der Waals surface area (Å²) in [5.41, 5.74) is 1.05. The van der Waals surface area contributed by atoms with Crippen molar-refractivity contribution in [2.24, 2.45) is 5.92 Å². The summed E-state index contributed by atoms with van der Waals surface area (Å²) in [5, 5.41) is 8.46. The highest BCUT2D eigenvalue weighted by Gasteiger charge is 2.15. The average molecular weight is 417 g/mol. The van der Waals surface area contributed by atoms with Gasteiger partial charge in [0.2, 0.25) is 5.89 Å². The van der Waals surface area contributed by atoms with Crippen LogP contribution < -0.4 is 9.47 Å². The van der Waals surface area contributed by atoms with Gasteiger partial charge < -0.3 is 18.6 Å². The number of methoxy groups -OCH3 is 1. The predicted octanol–water partition coefficient (Wildman–Crippen LogP) is 4.79. The van der Waals surface area contributed by atoms with E-state index in [0.717, 1.165) is 5.56 Å². The van der Waals surface area contributed by atoms with E-state index in [1.807, 2.05) is 13.8 Å². The number of ether oxygens (including phenoxy) is 3. The Kier molecular flexibility index (Phi) is 6.72. The second-order valence-electron chi connectivity index (χ2n) is 6.65. The van der Waals surface area contributed by atoms with Crippen LogP contribution >= 0.6 is 11.6 Å². The third-order valence-corrected chi connectivity index (χ3v) is 4.11. The van der Waals surface area contributed by atoms with E-state index in [2.05, 4.69) is 10.2 Å². The number of aromatic nitrogens is 2. The molecule has 0 aliphatic heterocycles. The predicted molar refractivity (Wildman–Crippen MR) is 107 cm³/mol. The summed E-state index contributed by atoms with van der Waals surface area (Å²) < 4.78 is 21.8. The minimum atomic E-state index is -0.537. The van der Waals surface area contributed by atoms with Crippen LogP contribution in [0.3, 0.4) is 0 Å². The van der Waals surface area contributed by atoms with Crippen LogP contribution in [0.1, 0.15) is 30.1 Å². The van der Waals surface area contributed by atoms with Gasteiger partial charge in [0.05, 0.1) is 19.3 Å². The monoisotopic (exact) mass is 416 g/mol. The summed E-state index contributed by atoms with van der Waals surface area (Å²) in [5.74, 6) is 1.37. The number of carbonyl (C=O) groups is 1. The molecule has 152 valence electrons. The van der Waals surface area contributed by atoms with Crippen LogP contribution in [0, 0.1) is 5.92 Å². The molecule has 0 aliphatic carbocycles. The third kappa shape index (κ3) is 5.48. The Morgan fingerprint density at radius 3 is 2.55 bits per heavy atom. The van der Waals surface area contributed by atoms with E-state index in [9.17, 15) is 4.79 Å². The second-order valence-corrected chi connectivity index (χ2v) is 7.09. The van der Waals surface area contributed by atoms with E-state index >= 15 is 0 Å². The topological polar surface area (TPSA) is 83.7 Å². The van der Waals surface area contributed by atoms with Crippen LogP contribution in [0.5, 0.6) is 11.5 Å². The molecule has 1 heterocycles. The van der Waals surface area contributed by atoms with Crippen molar-refractivity contribution in [1.82, 2.24) is 10.2 Å².